The summed E-state index contributed by atoms with van der Waals surface area (Å²) in [4.78, 5) is 48.6. The van der Waals surface area contributed by atoms with E-state index in [1.165, 1.54) is 28.4 Å². The molecule has 0 aromatic carbocycles. The predicted molar refractivity (Wildman–Crippen MR) is 73.6 cm³/mol. The van der Waals surface area contributed by atoms with Gasteiger partial charge in [0.2, 0.25) is 0 Å². The van der Waals surface area contributed by atoms with Gasteiger partial charge < -0.3 is 18.9 Å². The lowest BCUT2D eigenvalue weighted by atomic mass is 9.68. The number of fused-ring (bicyclic) bond motifs is 2. The fraction of sp³-hybridized carbons (Fsp3) is 0.733. The molecular formula is C15H20O8. The summed E-state index contributed by atoms with van der Waals surface area (Å²) < 4.78 is 19.1. The molecule has 8 nitrogen and oxygen atoms in total. The highest BCUT2D eigenvalue weighted by Crippen LogP contribution is 2.59. The van der Waals surface area contributed by atoms with Crippen molar-refractivity contribution in [3.63, 3.8) is 0 Å². The molecule has 0 spiro atoms. The predicted octanol–water partition coefficient (Wildman–Crippen LogP) is -0.207. The molecule has 2 bridgehead atoms. The first kappa shape index (κ1) is 17.2. The molecule has 23 heavy (non-hydrogen) atoms. The minimum atomic E-state index is -0.831. The van der Waals surface area contributed by atoms with Gasteiger partial charge in [-0.1, -0.05) is 0 Å². The van der Waals surface area contributed by atoms with Crippen molar-refractivity contribution in [2.75, 3.05) is 28.4 Å². The minimum Gasteiger partial charge on any atom is -0.469 e. The second-order valence-corrected chi connectivity index (χ2v) is 5.76. The van der Waals surface area contributed by atoms with E-state index in [0.29, 0.717) is 6.42 Å². The molecule has 128 valence electrons. The highest BCUT2D eigenvalue weighted by molar-refractivity contribution is 5.90. The summed E-state index contributed by atoms with van der Waals surface area (Å²) in [5, 5.41) is 0. The van der Waals surface area contributed by atoms with Gasteiger partial charge in [0.1, 0.15) is 0 Å². The summed E-state index contributed by atoms with van der Waals surface area (Å²) in [6, 6.07) is 0. The Morgan fingerprint density at radius 2 is 0.783 bits per heavy atom. The van der Waals surface area contributed by atoms with Crippen LogP contribution in [0, 0.1) is 35.5 Å². The third-order valence-electron chi connectivity index (χ3n) is 5.06. The largest absolute Gasteiger partial charge is 0.469 e. The van der Waals surface area contributed by atoms with Crippen molar-refractivity contribution in [3.05, 3.63) is 0 Å². The highest BCUT2D eigenvalue weighted by atomic mass is 16.5. The molecule has 0 aliphatic heterocycles. The fourth-order valence-electron chi connectivity index (χ4n) is 4.24. The zero-order chi connectivity index (χ0) is 17.3. The Morgan fingerprint density at radius 1 is 0.565 bits per heavy atom. The van der Waals surface area contributed by atoms with Crippen LogP contribution < -0.4 is 0 Å². The van der Waals surface area contributed by atoms with Crippen LogP contribution in [0.2, 0.25) is 0 Å². The van der Waals surface area contributed by atoms with E-state index in [1.807, 2.05) is 0 Å². The number of hydrogen-bond donors (Lipinski definition) is 0. The summed E-state index contributed by atoms with van der Waals surface area (Å²) in [6.07, 6.45) is 0.360. The first-order valence-corrected chi connectivity index (χ1v) is 7.24. The first-order chi connectivity index (χ1) is 10.9. The highest BCUT2D eigenvalue weighted by Gasteiger charge is 2.67. The molecule has 2 saturated carbocycles. The fourth-order valence-corrected chi connectivity index (χ4v) is 4.24. The van der Waals surface area contributed by atoms with Crippen molar-refractivity contribution in [3.8, 4) is 0 Å². The molecule has 2 fully saturated rings. The third-order valence-corrected chi connectivity index (χ3v) is 5.06. The zero-order valence-corrected chi connectivity index (χ0v) is 13.4. The quantitative estimate of drug-likeness (QED) is 0.516. The SMILES string of the molecule is COC(=O)[C@@H]1C2CC([C@@H]1C(=O)OC)[C@H](C(=O)OC)[C@@H]2C(=O)OC. The Labute approximate surface area is 133 Å². The lowest BCUT2D eigenvalue weighted by molar-refractivity contribution is -0.173. The lowest BCUT2D eigenvalue weighted by Gasteiger charge is -2.35. The molecule has 2 aliphatic rings. The topological polar surface area (TPSA) is 105 Å². The summed E-state index contributed by atoms with van der Waals surface area (Å²) >= 11 is 0. The van der Waals surface area contributed by atoms with Crippen molar-refractivity contribution >= 4 is 23.9 Å². The van der Waals surface area contributed by atoms with Gasteiger partial charge in [-0.25, -0.2) is 0 Å². The van der Waals surface area contributed by atoms with Crippen LogP contribution in [-0.2, 0) is 38.1 Å². The van der Waals surface area contributed by atoms with Crippen LogP contribution in [0.1, 0.15) is 6.42 Å². The van der Waals surface area contributed by atoms with Gasteiger partial charge in [-0.2, -0.15) is 0 Å². The molecule has 0 radical (unpaired) electrons. The van der Waals surface area contributed by atoms with Crippen molar-refractivity contribution in [1.82, 2.24) is 0 Å². The lowest BCUT2D eigenvalue weighted by Crippen LogP contribution is -2.48. The van der Waals surface area contributed by atoms with Crippen LogP contribution in [0.15, 0.2) is 0 Å². The van der Waals surface area contributed by atoms with Crippen LogP contribution in [0.5, 0.6) is 0 Å². The molecule has 0 aromatic rings. The number of hydrogen-bond acceptors (Lipinski definition) is 8. The van der Waals surface area contributed by atoms with Crippen molar-refractivity contribution in [2.24, 2.45) is 35.5 Å². The summed E-state index contributed by atoms with van der Waals surface area (Å²) in [7, 11) is 4.86. The Bertz CT molecular complexity index is 438. The first-order valence-electron chi connectivity index (χ1n) is 7.24. The number of ether oxygens (including phenoxy) is 4. The van der Waals surface area contributed by atoms with Gasteiger partial charge in [-0.15, -0.1) is 0 Å². The molecule has 2 aliphatic carbocycles. The second-order valence-electron chi connectivity index (χ2n) is 5.76. The Balaban J connectivity index is 2.46. The van der Waals surface area contributed by atoms with Gasteiger partial charge in [0.05, 0.1) is 52.1 Å². The van der Waals surface area contributed by atoms with Crippen molar-refractivity contribution < 1.29 is 38.1 Å². The standard InChI is InChI=1S/C15H20O8/c1-20-12(16)8-6-5-7(9(8)13(17)21-2)11(15(19)23-4)10(6)14(18)22-3/h6-11H,5H2,1-4H3/t6?,7?,8-,9+,10-,11+. The molecular weight excluding hydrogens is 308 g/mol. The van der Waals surface area contributed by atoms with E-state index in [2.05, 4.69) is 0 Å². The Kier molecular flexibility index (Phi) is 4.91. The van der Waals surface area contributed by atoms with E-state index >= 15 is 0 Å². The smallest absolute Gasteiger partial charge is 0.309 e. The molecule has 2 rings (SSSR count). The summed E-state index contributed by atoms with van der Waals surface area (Å²) in [5.41, 5.74) is 0. The average molecular weight is 328 g/mol. The van der Waals surface area contributed by atoms with Crippen LogP contribution in [0.3, 0.4) is 0 Å². The maximum absolute atomic E-state index is 12.1. The average Bonchev–Trinajstić information content (AvgIpc) is 3.14. The normalized spacial score (nSPS) is 34.6. The van der Waals surface area contributed by atoms with E-state index in [-0.39, 0.29) is 0 Å². The van der Waals surface area contributed by atoms with Crippen molar-refractivity contribution in [2.45, 2.75) is 6.42 Å². The second kappa shape index (κ2) is 6.55. The summed E-state index contributed by atoms with van der Waals surface area (Å²) in [5.74, 6) is -6.73. The van der Waals surface area contributed by atoms with Gasteiger partial charge in [-0.3, -0.25) is 19.2 Å². The molecule has 0 N–H and O–H groups in total. The van der Waals surface area contributed by atoms with Crippen LogP contribution in [0.25, 0.3) is 0 Å². The van der Waals surface area contributed by atoms with Crippen molar-refractivity contribution in [1.29, 1.82) is 0 Å². The maximum atomic E-state index is 12.1. The number of methoxy groups -OCH3 is 4. The Hall–Kier alpha value is -2.12. The monoisotopic (exact) mass is 328 g/mol. The van der Waals surface area contributed by atoms with Crippen LogP contribution >= 0.6 is 0 Å². The minimum absolute atomic E-state index is 0.360. The van der Waals surface area contributed by atoms with Gasteiger partial charge in [-0.05, 0) is 18.3 Å². The molecule has 4 atom stereocenters. The summed E-state index contributed by atoms with van der Waals surface area (Å²) in [6.45, 7) is 0. The van der Waals surface area contributed by atoms with E-state index in [9.17, 15) is 19.2 Å². The van der Waals surface area contributed by atoms with Gasteiger partial charge >= 0.3 is 23.9 Å². The number of rotatable bonds is 4. The van der Waals surface area contributed by atoms with E-state index < -0.39 is 59.4 Å². The van der Waals surface area contributed by atoms with Gasteiger partial charge in [0, 0.05) is 0 Å². The van der Waals surface area contributed by atoms with Gasteiger partial charge in [0.15, 0.2) is 0 Å². The molecule has 8 heteroatoms. The van der Waals surface area contributed by atoms with Gasteiger partial charge in [0.25, 0.3) is 0 Å². The Morgan fingerprint density at radius 3 is 0.957 bits per heavy atom. The van der Waals surface area contributed by atoms with E-state index in [0.717, 1.165) is 0 Å². The molecule has 0 saturated heterocycles. The molecule has 0 aromatic heterocycles. The maximum Gasteiger partial charge on any atom is 0.309 e. The number of esters is 4. The molecule has 0 amide bonds. The van der Waals surface area contributed by atoms with E-state index in [4.69, 9.17) is 18.9 Å². The number of carbonyl (C=O) groups excluding carboxylic acids is 4. The molecule has 0 unspecified atom stereocenters. The van der Waals surface area contributed by atoms with Crippen LogP contribution in [-0.4, -0.2) is 52.3 Å². The van der Waals surface area contributed by atoms with Crippen LogP contribution in [0.4, 0.5) is 0 Å². The zero-order valence-electron chi connectivity index (χ0n) is 13.4. The third kappa shape index (κ3) is 2.55. The molecule has 0 heterocycles. The van der Waals surface area contributed by atoms with E-state index in [1.54, 1.807) is 0 Å². The number of carbonyl (C=O) groups is 4.